The van der Waals surface area contributed by atoms with Crippen molar-refractivity contribution in [1.82, 2.24) is 5.32 Å². The monoisotopic (exact) mass is 226 g/mol. The van der Waals surface area contributed by atoms with Gasteiger partial charge in [0.05, 0.1) is 0 Å². The summed E-state index contributed by atoms with van der Waals surface area (Å²) in [6, 6.07) is 0. The summed E-state index contributed by atoms with van der Waals surface area (Å²) < 4.78 is 0. The molecule has 0 saturated heterocycles. The lowest BCUT2D eigenvalue weighted by Gasteiger charge is -2.26. The highest BCUT2D eigenvalue weighted by Gasteiger charge is 2.39. The fourth-order valence-electron chi connectivity index (χ4n) is 2.60. The second-order valence-electron chi connectivity index (χ2n) is 5.86. The van der Waals surface area contributed by atoms with E-state index in [1.165, 1.54) is 12.8 Å². The van der Waals surface area contributed by atoms with Crippen LogP contribution >= 0.6 is 0 Å². The molecule has 0 aromatic carbocycles. The Morgan fingerprint density at radius 3 is 2.75 bits per heavy atom. The molecule has 1 fully saturated rings. The van der Waals surface area contributed by atoms with Crippen LogP contribution in [0.25, 0.3) is 0 Å². The van der Waals surface area contributed by atoms with Crippen molar-refractivity contribution in [2.45, 2.75) is 46.5 Å². The Bertz CT molecular complexity index is 238. The summed E-state index contributed by atoms with van der Waals surface area (Å²) in [5, 5.41) is 3.07. The molecule has 0 aromatic rings. The first-order chi connectivity index (χ1) is 7.47. The maximum atomic E-state index is 12.0. The van der Waals surface area contributed by atoms with Gasteiger partial charge in [-0.1, -0.05) is 27.2 Å². The zero-order chi connectivity index (χ0) is 12.2. The van der Waals surface area contributed by atoms with E-state index >= 15 is 0 Å². The molecule has 1 rings (SSSR count). The molecule has 0 radical (unpaired) electrons. The molecule has 1 saturated carbocycles. The number of amides is 1. The van der Waals surface area contributed by atoms with Crippen LogP contribution < -0.4 is 11.1 Å². The van der Waals surface area contributed by atoms with Gasteiger partial charge in [-0.2, -0.15) is 0 Å². The maximum absolute atomic E-state index is 12.0. The van der Waals surface area contributed by atoms with Gasteiger partial charge in [-0.15, -0.1) is 0 Å². The summed E-state index contributed by atoms with van der Waals surface area (Å²) in [7, 11) is 0. The number of carbonyl (C=O) groups excluding carboxylic acids is 1. The fraction of sp³-hybridized carbons (Fsp3) is 0.923. The van der Waals surface area contributed by atoms with Crippen LogP contribution in [0.4, 0.5) is 0 Å². The number of rotatable bonds is 5. The van der Waals surface area contributed by atoms with E-state index in [1.807, 2.05) is 0 Å². The third-order valence-electron chi connectivity index (χ3n) is 3.86. The smallest absolute Gasteiger partial charge is 0.223 e. The summed E-state index contributed by atoms with van der Waals surface area (Å²) in [6.45, 7) is 8.00. The minimum absolute atomic E-state index is 0.182. The van der Waals surface area contributed by atoms with Crippen LogP contribution in [0.2, 0.25) is 0 Å². The highest BCUT2D eigenvalue weighted by Crippen LogP contribution is 2.42. The molecule has 94 valence electrons. The van der Waals surface area contributed by atoms with Crippen LogP contribution in [-0.4, -0.2) is 19.0 Å². The van der Waals surface area contributed by atoms with Gasteiger partial charge in [0.1, 0.15) is 0 Å². The van der Waals surface area contributed by atoms with Crippen molar-refractivity contribution in [3.05, 3.63) is 0 Å². The Balaban J connectivity index is 2.35. The summed E-state index contributed by atoms with van der Waals surface area (Å²) in [5.41, 5.74) is 5.67. The third kappa shape index (κ3) is 3.48. The average molecular weight is 226 g/mol. The first kappa shape index (κ1) is 13.5. The van der Waals surface area contributed by atoms with Crippen molar-refractivity contribution < 1.29 is 4.79 Å². The lowest BCUT2D eigenvalue weighted by Crippen LogP contribution is -2.38. The zero-order valence-corrected chi connectivity index (χ0v) is 10.9. The molecule has 0 spiro atoms. The number of carbonyl (C=O) groups is 1. The highest BCUT2D eigenvalue weighted by molar-refractivity contribution is 5.79. The minimum atomic E-state index is 0.182. The summed E-state index contributed by atoms with van der Waals surface area (Å²) in [4.78, 5) is 12.0. The minimum Gasteiger partial charge on any atom is -0.356 e. The molecule has 1 amide bonds. The lowest BCUT2D eigenvalue weighted by molar-refractivity contribution is -0.127. The molecular weight excluding hydrogens is 200 g/mol. The highest BCUT2D eigenvalue weighted by atomic mass is 16.1. The van der Waals surface area contributed by atoms with E-state index in [9.17, 15) is 4.79 Å². The van der Waals surface area contributed by atoms with Crippen LogP contribution in [0.5, 0.6) is 0 Å². The Hall–Kier alpha value is -0.570. The van der Waals surface area contributed by atoms with Crippen molar-refractivity contribution in [3.8, 4) is 0 Å². The number of nitrogens with two attached hydrogens (primary N) is 1. The summed E-state index contributed by atoms with van der Waals surface area (Å²) in [5.74, 6) is 0.933. The van der Waals surface area contributed by atoms with Crippen molar-refractivity contribution in [1.29, 1.82) is 0 Å². The predicted octanol–water partition coefficient (Wildman–Crippen LogP) is 1.91. The molecule has 3 N–H and O–H groups in total. The molecule has 3 heteroatoms. The first-order valence-corrected chi connectivity index (χ1v) is 6.45. The molecule has 1 aliphatic rings. The average Bonchev–Trinajstić information content (AvgIpc) is 2.55. The van der Waals surface area contributed by atoms with Crippen molar-refractivity contribution in [2.24, 2.45) is 23.0 Å². The van der Waals surface area contributed by atoms with Crippen LogP contribution in [0, 0.1) is 17.3 Å². The van der Waals surface area contributed by atoms with Gasteiger partial charge in [0.25, 0.3) is 0 Å². The van der Waals surface area contributed by atoms with Crippen LogP contribution in [0.1, 0.15) is 46.5 Å². The van der Waals surface area contributed by atoms with Crippen LogP contribution in [0.15, 0.2) is 0 Å². The van der Waals surface area contributed by atoms with Gasteiger partial charge >= 0.3 is 0 Å². The standard InChI is InChI=1S/C13H26N2O/c1-10(6-8-14)9-15-12(16)11-5-4-7-13(11,2)3/h10-11H,4-9,14H2,1-3H3,(H,15,16). The van der Waals surface area contributed by atoms with E-state index in [0.717, 1.165) is 19.4 Å². The summed E-state index contributed by atoms with van der Waals surface area (Å²) in [6.07, 6.45) is 4.38. The number of hydrogen-bond acceptors (Lipinski definition) is 2. The maximum Gasteiger partial charge on any atom is 0.223 e. The molecule has 0 aliphatic heterocycles. The quantitative estimate of drug-likeness (QED) is 0.752. The normalized spacial score (nSPS) is 25.4. The van der Waals surface area contributed by atoms with E-state index in [2.05, 4.69) is 26.1 Å². The number of nitrogens with one attached hydrogen (secondary N) is 1. The van der Waals surface area contributed by atoms with E-state index < -0.39 is 0 Å². The lowest BCUT2D eigenvalue weighted by atomic mass is 9.81. The molecule has 16 heavy (non-hydrogen) atoms. The second kappa shape index (κ2) is 5.67. The van der Waals surface area contributed by atoms with E-state index in [1.54, 1.807) is 0 Å². The molecule has 2 atom stereocenters. The molecule has 0 heterocycles. The van der Waals surface area contributed by atoms with E-state index in [0.29, 0.717) is 12.5 Å². The van der Waals surface area contributed by atoms with Crippen molar-refractivity contribution >= 4 is 5.91 Å². The number of hydrogen-bond donors (Lipinski definition) is 2. The van der Waals surface area contributed by atoms with Gasteiger partial charge in [0.2, 0.25) is 5.91 Å². The molecule has 0 bridgehead atoms. The van der Waals surface area contributed by atoms with Crippen LogP contribution in [-0.2, 0) is 4.79 Å². The van der Waals surface area contributed by atoms with Crippen molar-refractivity contribution in [3.63, 3.8) is 0 Å². The molecular formula is C13H26N2O. The third-order valence-corrected chi connectivity index (χ3v) is 3.86. The molecule has 0 aromatic heterocycles. The predicted molar refractivity (Wildman–Crippen MR) is 67.0 cm³/mol. The Morgan fingerprint density at radius 1 is 1.56 bits per heavy atom. The van der Waals surface area contributed by atoms with Crippen molar-refractivity contribution in [2.75, 3.05) is 13.1 Å². The largest absolute Gasteiger partial charge is 0.356 e. The second-order valence-corrected chi connectivity index (χ2v) is 5.86. The fourth-order valence-corrected chi connectivity index (χ4v) is 2.60. The summed E-state index contributed by atoms with van der Waals surface area (Å²) >= 11 is 0. The van der Waals surface area contributed by atoms with Gasteiger partial charge in [-0.05, 0) is 37.1 Å². The van der Waals surface area contributed by atoms with E-state index in [4.69, 9.17) is 5.73 Å². The molecule has 1 aliphatic carbocycles. The zero-order valence-electron chi connectivity index (χ0n) is 10.9. The van der Waals surface area contributed by atoms with Crippen LogP contribution in [0.3, 0.4) is 0 Å². The molecule has 3 nitrogen and oxygen atoms in total. The first-order valence-electron chi connectivity index (χ1n) is 6.45. The van der Waals surface area contributed by atoms with Gasteiger partial charge in [0, 0.05) is 12.5 Å². The Morgan fingerprint density at radius 2 is 2.25 bits per heavy atom. The topological polar surface area (TPSA) is 55.1 Å². The SMILES string of the molecule is CC(CCN)CNC(=O)C1CCCC1(C)C. The Kier molecular flexibility index (Phi) is 4.78. The van der Waals surface area contributed by atoms with Gasteiger partial charge in [-0.25, -0.2) is 0 Å². The Labute approximate surface area is 99.2 Å². The van der Waals surface area contributed by atoms with Gasteiger partial charge in [-0.3, -0.25) is 4.79 Å². The van der Waals surface area contributed by atoms with E-state index in [-0.39, 0.29) is 17.2 Å². The molecule has 2 unspecified atom stereocenters. The van der Waals surface area contributed by atoms with Gasteiger partial charge in [0.15, 0.2) is 0 Å². The van der Waals surface area contributed by atoms with Gasteiger partial charge < -0.3 is 11.1 Å².